The van der Waals surface area contributed by atoms with E-state index in [-0.39, 0.29) is 0 Å². The molecule has 16 heavy (non-hydrogen) atoms. The molecule has 1 heterocycles. The number of rotatable bonds is 4. The fourth-order valence-electron chi connectivity index (χ4n) is 1.89. The Balaban J connectivity index is 2.66. The molecule has 0 saturated heterocycles. The molecule has 0 aliphatic carbocycles. The second-order valence-electron chi connectivity index (χ2n) is 3.67. The zero-order valence-electron chi connectivity index (χ0n) is 9.53. The summed E-state index contributed by atoms with van der Waals surface area (Å²) in [6.45, 7) is 3.24. The van der Waals surface area contributed by atoms with Crippen molar-refractivity contribution in [3.8, 4) is 0 Å². The summed E-state index contributed by atoms with van der Waals surface area (Å²) >= 11 is 5.23. The number of alkyl halides is 1. The van der Waals surface area contributed by atoms with Crippen LogP contribution >= 0.6 is 27.7 Å². The van der Waals surface area contributed by atoms with Crippen molar-refractivity contribution in [1.29, 1.82) is 0 Å². The molecule has 2 nitrogen and oxygen atoms in total. The molecule has 0 amide bonds. The van der Waals surface area contributed by atoms with Crippen LogP contribution in [0.3, 0.4) is 0 Å². The lowest BCUT2D eigenvalue weighted by Crippen LogP contribution is -1.97. The van der Waals surface area contributed by atoms with Gasteiger partial charge < -0.3 is 4.57 Å². The zero-order valence-corrected chi connectivity index (χ0v) is 11.9. The number of aryl methyl sites for hydroxylation is 1. The first-order chi connectivity index (χ1) is 7.81. The highest BCUT2D eigenvalue weighted by Crippen LogP contribution is 2.26. The molecule has 2 aromatic rings. The minimum Gasteiger partial charge on any atom is -0.319 e. The maximum atomic E-state index is 4.72. The largest absolute Gasteiger partial charge is 0.319 e. The normalized spacial score (nSPS) is 11.2. The lowest BCUT2D eigenvalue weighted by atomic mass is 10.2. The predicted octanol–water partition coefficient (Wildman–Crippen LogP) is 4.06. The molecule has 0 spiro atoms. The van der Waals surface area contributed by atoms with Gasteiger partial charge in [-0.2, -0.15) is 0 Å². The van der Waals surface area contributed by atoms with E-state index in [1.165, 1.54) is 11.1 Å². The molecule has 0 bridgehead atoms. The summed E-state index contributed by atoms with van der Waals surface area (Å²) in [4.78, 5) is 4.72. The highest BCUT2D eigenvalue weighted by Gasteiger charge is 2.11. The quantitative estimate of drug-likeness (QED) is 0.626. The monoisotopic (exact) mass is 298 g/mol. The molecular weight excluding hydrogens is 284 g/mol. The predicted molar refractivity (Wildman–Crippen MR) is 74.4 cm³/mol. The van der Waals surface area contributed by atoms with Crippen LogP contribution in [0, 0.1) is 0 Å². The first-order valence-corrected chi connectivity index (χ1v) is 7.74. The Hall–Kier alpha value is -0.480. The summed E-state index contributed by atoms with van der Waals surface area (Å²) in [5.41, 5.74) is 3.66. The van der Waals surface area contributed by atoms with Crippen molar-refractivity contribution in [2.75, 3.05) is 6.26 Å². The van der Waals surface area contributed by atoms with E-state index in [1.807, 2.05) is 0 Å². The molecule has 0 N–H and O–H groups in total. The molecule has 0 atom stereocenters. The minimum absolute atomic E-state index is 0.862. The molecular formula is C12H15BrN2S. The van der Waals surface area contributed by atoms with Crippen molar-refractivity contribution in [1.82, 2.24) is 9.55 Å². The molecule has 0 saturated carbocycles. The third-order valence-corrected chi connectivity index (χ3v) is 3.88. The molecule has 0 radical (unpaired) electrons. The number of imidazole rings is 1. The van der Waals surface area contributed by atoms with Crippen LogP contribution in [-0.2, 0) is 11.9 Å². The summed E-state index contributed by atoms with van der Waals surface area (Å²) in [5, 5.41) is 1.98. The third-order valence-electron chi connectivity index (χ3n) is 2.60. The first-order valence-electron chi connectivity index (χ1n) is 5.39. The Morgan fingerprint density at radius 2 is 2.25 bits per heavy atom. The molecule has 0 fully saturated rings. The number of aromatic nitrogens is 2. The van der Waals surface area contributed by atoms with Crippen LogP contribution in [0.2, 0.25) is 0 Å². The van der Waals surface area contributed by atoms with Gasteiger partial charge in [0, 0.05) is 11.9 Å². The van der Waals surface area contributed by atoms with Gasteiger partial charge in [-0.15, -0.1) is 0 Å². The Morgan fingerprint density at radius 3 is 2.88 bits per heavy atom. The maximum Gasteiger partial charge on any atom is 0.168 e. The SMILES string of the molecule is CCCn1c(SC)nc2c(CBr)cccc21. The average Bonchev–Trinajstić information content (AvgIpc) is 2.68. The van der Waals surface area contributed by atoms with E-state index in [0.29, 0.717) is 0 Å². The van der Waals surface area contributed by atoms with Crippen LogP contribution in [0.4, 0.5) is 0 Å². The Labute approximate surface area is 109 Å². The topological polar surface area (TPSA) is 17.8 Å². The zero-order chi connectivity index (χ0) is 11.5. The number of nitrogens with zero attached hydrogens (tertiary/aromatic N) is 2. The van der Waals surface area contributed by atoms with E-state index >= 15 is 0 Å². The lowest BCUT2D eigenvalue weighted by Gasteiger charge is -2.05. The fraction of sp³-hybridized carbons (Fsp3) is 0.417. The van der Waals surface area contributed by atoms with E-state index in [4.69, 9.17) is 4.98 Å². The first kappa shape index (κ1) is 12.0. The Bertz CT molecular complexity index is 493. The van der Waals surface area contributed by atoms with E-state index < -0.39 is 0 Å². The van der Waals surface area contributed by atoms with Gasteiger partial charge in [0.2, 0.25) is 0 Å². The van der Waals surface area contributed by atoms with Crippen LogP contribution < -0.4 is 0 Å². The van der Waals surface area contributed by atoms with Crippen LogP contribution in [0.25, 0.3) is 11.0 Å². The Kier molecular flexibility index (Phi) is 3.92. The van der Waals surface area contributed by atoms with Gasteiger partial charge in [-0.1, -0.05) is 46.7 Å². The summed E-state index contributed by atoms with van der Waals surface area (Å²) in [5.74, 6) is 0. The summed E-state index contributed by atoms with van der Waals surface area (Å²) < 4.78 is 2.31. The highest BCUT2D eigenvalue weighted by molar-refractivity contribution is 9.08. The number of thioether (sulfide) groups is 1. The van der Waals surface area contributed by atoms with Gasteiger partial charge in [0.1, 0.15) is 0 Å². The van der Waals surface area contributed by atoms with Gasteiger partial charge >= 0.3 is 0 Å². The van der Waals surface area contributed by atoms with Gasteiger partial charge in [-0.25, -0.2) is 4.98 Å². The van der Waals surface area contributed by atoms with E-state index in [1.54, 1.807) is 11.8 Å². The standard InChI is InChI=1S/C12H15BrN2S/c1-3-7-15-10-6-4-5-9(8-13)11(10)14-12(15)16-2/h4-6H,3,7-8H2,1-2H3. The van der Waals surface area contributed by atoms with Crippen LogP contribution in [0.1, 0.15) is 18.9 Å². The summed E-state index contributed by atoms with van der Waals surface area (Å²) in [7, 11) is 0. The highest BCUT2D eigenvalue weighted by atomic mass is 79.9. The molecule has 2 rings (SSSR count). The van der Waals surface area contributed by atoms with Gasteiger partial charge in [-0.05, 0) is 24.3 Å². The fourth-order valence-corrected chi connectivity index (χ4v) is 2.93. The van der Waals surface area contributed by atoms with Crippen molar-refractivity contribution in [3.63, 3.8) is 0 Å². The van der Waals surface area contributed by atoms with Crippen LogP contribution in [0.5, 0.6) is 0 Å². The molecule has 1 aromatic carbocycles. The van der Waals surface area contributed by atoms with Gasteiger partial charge in [0.15, 0.2) is 5.16 Å². The minimum atomic E-state index is 0.862. The van der Waals surface area contributed by atoms with Crippen molar-refractivity contribution in [2.24, 2.45) is 0 Å². The average molecular weight is 299 g/mol. The number of hydrogen-bond acceptors (Lipinski definition) is 2. The van der Waals surface area contributed by atoms with Gasteiger partial charge in [0.05, 0.1) is 11.0 Å². The maximum absolute atomic E-state index is 4.72. The molecule has 0 aliphatic rings. The van der Waals surface area contributed by atoms with Gasteiger partial charge in [0.25, 0.3) is 0 Å². The van der Waals surface area contributed by atoms with Crippen molar-refractivity contribution < 1.29 is 0 Å². The number of halogens is 1. The van der Waals surface area contributed by atoms with Gasteiger partial charge in [-0.3, -0.25) is 0 Å². The third kappa shape index (κ3) is 2.00. The molecule has 4 heteroatoms. The molecule has 1 aromatic heterocycles. The summed E-state index contributed by atoms with van der Waals surface area (Å²) in [6, 6.07) is 6.39. The molecule has 86 valence electrons. The molecule has 0 unspecified atom stereocenters. The lowest BCUT2D eigenvalue weighted by molar-refractivity contribution is 0.639. The smallest absolute Gasteiger partial charge is 0.168 e. The van der Waals surface area contributed by atoms with Crippen molar-refractivity contribution in [2.45, 2.75) is 30.4 Å². The molecule has 0 aliphatic heterocycles. The number of para-hydroxylation sites is 1. The number of benzene rings is 1. The van der Waals surface area contributed by atoms with E-state index in [9.17, 15) is 0 Å². The van der Waals surface area contributed by atoms with E-state index in [2.05, 4.69) is 51.9 Å². The van der Waals surface area contributed by atoms with Crippen LogP contribution in [0.15, 0.2) is 23.4 Å². The second kappa shape index (κ2) is 5.23. The number of hydrogen-bond donors (Lipinski definition) is 0. The van der Waals surface area contributed by atoms with E-state index in [0.717, 1.165) is 29.0 Å². The van der Waals surface area contributed by atoms with Crippen molar-refractivity contribution in [3.05, 3.63) is 23.8 Å². The van der Waals surface area contributed by atoms with Crippen LogP contribution in [-0.4, -0.2) is 15.8 Å². The van der Waals surface area contributed by atoms with Crippen molar-refractivity contribution >= 4 is 38.7 Å². The summed E-state index contributed by atoms with van der Waals surface area (Å²) in [6.07, 6.45) is 3.22. The Morgan fingerprint density at radius 1 is 1.44 bits per heavy atom. The second-order valence-corrected chi connectivity index (χ2v) is 5.00. The number of fused-ring (bicyclic) bond motifs is 1.